The maximum atomic E-state index is 13.2. The molecule has 0 atom stereocenters. The van der Waals surface area contributed by atoms with E-state index in [0.29, 0.717) is 23.4 Å². The van der Waals surface area contributed by atoms with E-state index in [4.69, 9.17) is 4.42 Å². The molecule has 1 aliphatic heterocycles. The average Bonchev–Trinajstić information content (AvgIpc) is 3.13. The number of hydrogen-bond donors (Lipinski definition) is 0. The van der Waals surface area contributed by atoms with Crippen LogP contribution in [0.15, 0.2) is 57.8 Å². The van der Waals surface area contributed by atoms with E-state index in [-0.39, 0.29) is 30.0 Å². The highest BCUT2D eigenvalue weighted by Crippen LogP contribution is 2.32. The first-order chi connectivity index (χ1) is 14.1. The quantitative estimate of drug-likeness (QED) is 0.582. The van der Waals surface area contributed by atoms with Gasteiger partial charge in [-0.1, -0.05) is 0 Å². The van der Waals surface area contributed by atoms with Gasteiger partial charge in [0.2, 0.25) is 0 Å². The van der Waals surface area contributed by atoms with Crippen LogP contribution in [0.3, 0.4) is 0 Å². The first-order valence-electron chi connectivity index (χ1n) is 9.46. The van der Waals surface area contributed by atoms with Crippen molar-refractivity contribution >= 4 is 29.1 Å². The Morgan fingerprint density at radius 1 is 1.14 bits per heavy atom. The Balaban J connectivity index is 1.41. The molecule has 3 heterocycles. The monoisotopic (exact) mass is 406 g/mol. The van der Waals surface area contributed by atoms with Gasteiger partial charge in [0, 0.05) is 18.2 Å². The minimum Gasteiger partial charge on any atom is -0.467 e. The Morgan fingerprint density at radius 2 is 1.97 bits per heavy atom. The van der Waals surface area contributed by atoms with E-state index in [0.717, 1.165) is 23.3 Å². The summed E-state index contributed by atoms with van der Waals surface area (Å²) in [4.78, 5) is 41.7. The number of furan rings is 1. The summed E-state index contributed by atoms with van der Waals surface area (Å²) < 4.78 is 5.26. The summed E-state index contributed by atoms with van der Waals surface area (Å²) in [7, 11) is 0. The molecule has 0 spiro atoms. The fourth-order valence-corrected chi connectivity index (χ4v) is 4.28. The molecule has 6 nitrogen and oxygen atoms in total. The third-order valence-electron chi connectivity index (χ3n) is 5.29. The molecule has 2 aliphatic rings. The smallest absolute Gasteiger partial charge is 0.261 e. The third-order valence-corrected chi connectivity index (χ3v) is 6.03. The lowest BCUT2D eigenvalue weighted by molar-refractivity contribution is 0.0631. The maximum absolute atomic E-state index is 13.2. The fraction of sp³-hybridized carbons (Fsp3) is 0.227. The number of thiophene rings is 1. The van der Waals surface area contributed by atoms with Crippen molar-refractivity contribution in [1.82, 2.24) is 9.80 Å². The largest absolute Gasteiger partial charge is 0.467 e. The molecule has 0 bridgehead atoms. The minimum absolute atomic E-state index is 0.0784. The Bertz CT molecular complexity index is 1080. The number of amides is 3. The Kier molecular flexibility index (Phi) is 4.32. The second kappa shape index (κ2) is 7.00. The summed E-state index contributed by atoms with van der Waals surface area (Å²) in [5, 5.41) is 4.04. The number of hydrogen-bond acceptors (Lipinski definition) is 5. The highest BCUT2D eigenvalue weighted by molar-refractivity contribution is 7.07. The van der Waals surface area contributed by atoms with Gasteiger partial charge in [-0.3, -0.25) is 19.3 Å². The van der Waals surface area contributed by atoms with Crippen molar-refractivity contribution in [2.45, 2.75) is 32.0 Å². The van der Waals surface area contributed by atoms with Crippen LogP contribution >= 0.6 is 11.3 Å². The van der Waals surface area contributed by atoms with Crippen LogP contribution in [0.1, 0.15) is 55.2 Å². The SMILES string of the molecule is O=C1c2ccc(C(=O)N(Cc3ccsc3)C3CC3)cc2C(=O)N1Cc1ccco1. The number of carbonyl (C=O) groups excluding carboxylic acids is 3. The Labute approximate surface area is 171 Å². The number of imide groups is 1. The second-order valence-electron chi connectivity index (χ2n) is 7.33. The number of fused-ring (bicyclic) bond motifs is 1. The van der Waals surface area contributed by atoms with Gasteiger partial charge in [0.1, 0.15) is 5.76 Å². The molecule has 3 amide bonds. The molecule has 29 heavy (non-hydrogen) atoms. The lowest BCUT2D eigenvalue weighted by Gasteiger charge is -2.22. The van der Waals surface area contributed by atoms with Crippen molar-refractivity contribution in [2.24, 2.45) is 0 Å². The summed E-state index contributed by atoms with van der Waals surface area (Å²) in [6.07, 6.45) is 3.49. The second-order valence-corrected chi connectivity index (χ2v) is 8.11. The zero-order valence-corrected chi connectivity index (χ0v) is 16.4. The lowest BCUT2D eigenvalue weighted by atomic mass is 10.0. The maximum Gasteiger partial charge on any atom is 0.261 e. The van der Waals surface area contributed by atoms with Gasteiger partial charge < -0.3 is 9.32 Å². The topological polar surface area (TPSA) is 70.8 Å². The fourth-order valence-electron chi connectivity index (χ4n) is 3.62. The number of carbonyl (C=O) groups is 3. The normalized spacial score (nSPS) is 15.7. The van der Waals surface area contributed by atoms with Crippen molar-refractivity contribution in [1.29, 1.82) is 0 Å². The van der Waals surface area contributed by atoms with Crippen molar-refractivity contribution in [2.75, 3.05) is 0 Å². The van der Waals surface area contributed by atoms with E-state index < -0.39 is 5.91 Å². The zero-order valence-electron chi connectivity index (χ0n) is 15.5. The molecular formula is C22H18N2O4S. The molecule has 1 aliphatic carbocycles. The van der Waals surface area contributed by atoms with Gasteiger partial charge in [-0.2, -0.15) is 11.3 Å². The highest BCUT2D eigenvalue weighted by Gasteiger charge is 2.38. The van der Waals surface area contributed by atoms with E-state index in [1.165, 1.54) is 6.26 Å². The van der Waals surface area contributed by atoms with E-state index in [1.807, 2.05) is 21.7 Å². The summed E-state index contributed by atoms with van der Waals surface area (Å²) in [5.41, 5.74) is 2.15. The van der Waals surface area contributed by atoms with Crippen molar-refractivity contribution < 1.29 is 18.8 Å². The summed E-state index contributed by atoms with van der Waals surface area (Å²) in [6, 6.07) is 10.5. The molecule has 0 unspecified atom stereocenters. The molecule has 1 saturated carbocycles. The zero-order chi connectivity index (χ0) is 20.0. The molecule has 7 heteroatoms. The Morgan fingerprint density at radius 3 is 2.66 bits per heavy atom. The third kappa shape index (κ3) is 3.27. The molecule has 5 rings (SSSR count). The van der Waals surface area contributed by atoms with E-state index in [2.05, 4.69) is 0 Å². The first kappa shape index (κ1) is 17.9. The highest BCUT2D eigenvalue weighted by atomic mass is 32.1. The van der Waals surface area contributed by atoms with Crippen LogP contribution < -0.4 is 0 Å². The van der Waals surface area contributed by atoms with Crippen LogP contribution in [-0.2, 0) is 13.1 Å². The van der Waals surface area contributed by atoms with Gasteiger partial charge in [-0.05, 0) is 65.6 Å². The van der Waals surface area contributed by atoms with E-state index in [1.54, 1.807) is 41.7 Å². The molecule has 146 valence electrons. The van der Waals surface area contributed by atoms with Crippen LogP contribution in [-0.4, -0.2) is 33.6 Å². The van der Waals surface area contributed by atoms with Crippen LogP contribution in [0.5, 0.6) is 0 Å². The number of rotatable bonds is 6. The van der Waals surface area contributed by atoms with Crippen LogP contribution in [0.2, 0.25) is 0 Å². The van der Waals surface area contributed by atoms with Gasteiger partial charge in [-0.15, -0.1) is 0 Å². The predicted octanol–water partition coefficient (Wildman–Crippen LogP) is 3.94. The first-order valence-corrected chi connectivity index (χ1v) is 10.4. The van der Waals surface area contributed by atoms with Gasteiger partial charge >= 0.3 is 0 Å². The van der Waals surface area contributed by atoms with Crippen LogP contribution in [0.25, 0.3) is 0 Å². The molecule has 0 saturated heterocycles. The molecule has 1 aromatic carbocycles. The lowest BCUT2D eigenvalue weighted by Crippen LogP contribution is -2.32. The molecular weight excluding hydrogens is 388 g/mol. The van der Waals surface area contributed by atoms with Crippen LogP contribution in [0, 0.1) is 0 Å². The van der Waals surface area contributed by atoms with Crippen molar-refractivity contribution in [3.63, 3.8) is 0 Å². The summed E-state index contributed by atoms with van der Waals surface area (Å²) >= 11 is 1.61. The van der Waals surface area contributed by atoms with Gasteiger partial charge in [0.15, 0.2) is 0 Å². The molecule has 3 aromatic rings. The van der Waals surface area contributed by atoms with Gasteiger partial charge in [-0.25, -0.2) is 0 Å². The van der Waals surface area contributed by atoms with Gasteiger partial charge in [0.25, 0.3) is 17.7 Å². The van der Waals surface area contributed by atoms with Crippen LogP contribution in [0.4, 0.5) is 0 Å². The predicted molar refractivity (Wildman–Crippen MR) is 107 cm³/mol. The summed E-state index contributed by atoms with van der Waals surface area (Å²) in [5.74, 6) is -0.331. The molecule has 1 fully saturated rings. The standard InChI is InChI=1S/C22H18N2O4S/c25-20(23(16-4-5-16)11-14-7-9-29-13-14)15-3-6-18-19(10-15)22(27)24(21(18)26)12-17-2-1-8-28-17/h1-3,6-10,13,16H,4-5,11-12H2. The van der Waals surface area contributed by atoms with Gasteiger partial charge in [0.05, 0.1) is 23.9 Å². The van der Waals surface area contributed by atoms with E-state index in [9.17, 15) is 14.4 Å². The minimum atomic E-state index is -0.396. The summed E-state index contributed by atoms with van der Waals surface area (Å²) in [6.45, 7) is 0.635. The Hall–Kier alpha value is -3.19. The molecule has 0 radical (unpaired) electrons. The molecule has 0 N–H and O–H groups in total. The molecule has 2 aromatic heterocycles. The van der Waals surface area contributed by atoms with E-state index >= 15 is 0 Å². The van der Waals surface area contributed by atoms with Crippen molar-refractivity contribution in [3.05, 3.63) is 81.4 Å². The number of nitrogens with zero attached hydrogens (tertiary/aromatic N) is 2. The average molecular weight is 406 g/mol. The number of benzene rings is 1. The van der Waals surface area contributed by atoms with Crippen molar-refractivity contribution in [3.8, 4) is 0 Å².